The largest absolute Gasteiger partial charge is 0.331 e. The molecule has 4 aromatic rings. The number of benzene rings is 3. The number of hydrogen-bond acceptors (Lipinski definition) is 4. The Balaban J connectivity index is 1.44. The number of nitrogens with one attached hydrogen (secondary N) is 2. The lowest BCUT2D eigenvalue weighted by Crippen LogP contribution is -2.11. The summed E-state index contributed by atoms with van der Waals surface area (Å²) in [6.07, 6.45) is 0. The van der Waals surface area contributed by atoms with Crippen molar-refractivity contribution in [2.24, 2.45) is 0 Å². The molecule has 0 bridgehead atoms. The van der Waals surface area contributed by atoms with E-state index >= 15 is 0 Å². The number of amides is 1. The minimum Gasteiger partial charge on any atom is -0.331 e. The molecule has 0 aliphatic carbocycles. The summed E-state index contributed by atoms with van der Waals surface area (Å²) in [7, 11) is 0. The van der Waals surface area contributed by atoms with E-state index in [-0.39, 0.29) is 11.7 Å². The quantitative estimate of drug-likeness (QED) is 0.343. The number of anilines is 3. The van der Waals surface area contributed by atoms with E-state index in [0.29, 0.717) is 22.1 Å². The molecule has 1 aromatic heterocycles. The summed E-state index contributed by atoms with van der Waals surface area (Å²) in [4.78, 5) is 16.9. The highest BCUT2D eigenvalue weighted by Crippen LogP contribution is 2.28. The van der Waals surface area contributed by atoms with Gasteiger partial charge in [0.25, 0.3) is 5.91 Å². The molecular weight excluding hydrogens is 453 g/mol. The van der Waals surface area contributed by atoms with Crippen LogP contribution < -0.4 is 10.6 Å². The van der Waals surface area contributed by atoms with Gasteiger partial charge in [0.2, 0.25) is 0 Å². The SMILES string of the molecule is O=C(Nc1ccc(-c2csc(Nc3cccc(F)c3)n2)cc1)c1cccc(Br)c1. The molecule has 0 saturated heterocycles. The van der Waals surface area contributed by atoms with Gasteiger partial charge in [-0.2, -0.15) is 0 Å². The van der Waals surface area contributed by atoms with Crippen LogP contribution in [0.5, 0.6) is 0 Å². The summed E-state index contributed by atoms with van der Waals surface area (Å²) in [5, 5.41) is 8.59. The van der Waals surface area contributed by atoms with Crippen molar-refractivity contribution in [1.82, 2.24) is 4.98 Å². The van der Waals surface area contributed by atoms with Crippen molar-refractivity contribution in [3.05, 3.63) is 94.0 Å². The average Bonchev–Trinajstić information content (AvgIpc) is 3.17. The van der Waals surface area contributed by atoms with Crippen molar-refractivity contribution in [3.63, 3.8) is 0 Å². The molecule has 0 aliphatic rings. The van der Waals surface area contributed by atoms with Crippen molar-refractivity contribution in [1.29, 1.82) is 0 Å². The normalized spacial score (nSPS) is 10.6. The highest BCUT2D eigenvalue weighted by molar-refractivity contribution is 9.10. The van der Waals surface area contributed by atoms with E-state index in [1.54, 1.807) is 24.3 Å². The molecule has 0 unspecified atom stereocenters. The number of nitrogens with zero attached hydrogens (tertiary/aromatic N) is 1. The number of carbonyl (C=O) groups excluding carboxylic acids is 1. The standard InChI is InChI=1S/C22H15BrFN3OS/c23-16-4-1-3-15(11-16)21(28)25-18-9-7-14(8-10-18)20-13-29-22(27-20)26-19-6-2-5-17(24)12-19/h1-13H,(H,25,28)(H,26,27). The molecule has 0 fully saturated rings. The molecule has 1 heterocycles. The van der Waals surface area contributed by atoms with Gasteiger partial charge in [-0.25, -0.2) is 9.37 Å². The van der Waals surface area contributed by atoms with Crippen LogP contribution in [0.15, 0.2) is 82.6 Å². The van der Waals surface area contributed by atoms with Gasteiger partial charge in [-0.15, -0.1) is 11.3 Å². The molecule has 3 aromatic carbocycles. The fraction of sp³-hybridized carbons (Fsp3) is 0. The minimum atomic E-state index is -0.299. The molecule has 0 spiro atoms. The topological polar surface area (TPSA) is 54.0 Å². The van der Waals surface area contributed by atoms with Gasteiger partial charge in [-0.3, -0.25) is 4.79 Å². The first-order valence-electron chi connectivity index (χ1n) is 8.72. The zero-order valence-corrected chi connectivity index (χ0v) is 17.4. The van der Waals surface area contributed by atoms with Gasteiger partial charge in [-0.1, -0.05) is 40.2 Å². The zero-order chi connectivity index (χ0) is 20.2. The Labute approximate surface area is 179 Å². The van der Waals surface area contributed by atoms with Crippen molar-refractivity contribution in [2.45, 2.75) is 0 Å². The molecule has 4 nitrogen and oxygen atoms in total. The highest BCUT2D eigenvalue weighted by Gasteiger charge is 2.08. The second kappa shape index (κ2) is 8.55. The fourth-order valence-corrected chi connectivity index (χ4v) is 3.85. The first-order valence-corrected chi connectivity index (χ1v) is 10.4. The number of thiazole rings is 1. The van der Waals surface area contributed by atoms with Crippen molar-refractivity contribution in [2.75, 3.05) is 10.6 Å². The predicted molar refractivity (Wildman–Crippen MR) is 119 cm³/mol. The molecule has 7 heteroatoms. The van der Waals surface area contributed by atoms with E-state index in [9.17, 15) is 9.18 Å². The summed E-state index contributed by atoms with van der Waals surface area (Å²) >= 11 is 4.81. The second-order valence-corrected chi connectivity index (χ2v) is 7.99. The number of hydrogen-bond donors (Lipinski definition) is 2. The van der Waals surface area contributed by atoms with Crippen LogP contribution in [0.25, 0.3) is 11.3 Å². The van der Waals surface area contributed by atoms with Crippen LogP contribution in [-0.2, 0) is 0 Å². The monoisotopic (exact) mass is 467 g/mol. The molecule has 1 amide bonds. The first-order chi connectivity index (χ1) is 14.1. The van der Waals surface area contributed by atoms with Gasteiger partial charge in [-0.05, 0) is 48.5 Å². The Morgan fingerprint density at radius 1 is 0.966 bits per heavy atom. The Kier molecular flexibility index (Phi) is 5.69. The molecular formula is C22H15BrFN3OS. The van der Waals surface area contributed by atoms with E-state index in [2.05, 4.69) is 31.5 Å². The second-order valence-electron chi connectivity index (χ2n) is 6.22. The van der Waals surface area contributed by atoms with Gasteiger partial charge in [0.05, 0.1) is 5.69 Å². The van der Waals surface area contributed by atoms with E-state index < -0.39 is 0 Å². The molecule has 29 heavy (non-hydrogen) atoms. The third kappa shape index (κ3) is 4.88. The molecule has 4 rings (SSSR count). The third-order valence-electron chi connectivity index (χ3n) is 4.11. The summed E-state index contributed by atoms with van der Waals surface area (Å²) in [6.45, 7) is 0. The lowest BCUT2D eigenvalue weighted by atomic mass is 10.1. The van der Waals surface area contributed by atoms with Gasteiger partial charge in [0.15, 0.2) is 5.13 Å². The molecule has 0 atom stereocenters. The maximum Gasteiger partial charge on any atom is 0.255 e. The van der Waals surface area contributed by atoms with Gasteiger partial charge < -0.3 is 10.6 Å². The fourth-order valence-electron chi connectivity index (χ4n) is 2.71. The summed E-state index contributed by atoms with van der Waals surface area (Å²) in [5.74, 6) is -0.471. The Hall–Kier alpha value is -3.03. The minimum absolute atomic E-state index is 0.172. The van der Waals surface area contributed by atoms with E-state index in [0.717, 1.165) is 15.7 Å². The van der Waals surface area contributed by atoms with E-state index in [4.69, 9.17) is 0 Å². The Morgan fingerprint density at radius 3 is 2.52 bits per heavy atom. The molecule has 0 saturated carbocycles. The maximum absolute atomic E-state index is 13.3. The van der Waals surface area contributed by atoms with Crippen LogP contribution in [0.1, 0.15) is 10.4 Å². The van der Waals surface area contributed by atoms with E-state index in [1.807, 2.05) is 41.8 Å². The Morgan fingerprint density at radius 2 is 1.76 bits per heavy atom. The number of aromatic nitrogens is 1. The van der Waals surface area contributed by atoms with Gasteiger partial charge in [0, 0.05) is 32.4 Å². The van der Waals surface area contributed by atoms with Crippen LogP contribution in [0.2, 0.25) is 0 Å². The smallest absolute Gasteiger partial charge is 0.255 e. The first kappa shape index (κ1) is 19.3. The molecule has 0 radical (unpaired) electrons. The maximum atomic E-state index is 13.3. The number of rotatable bonds is 5. The van der Waals surface area contributed by atoms with Crippen molar-refractivity contribution < 1.29 is 9.18 Å². The summed E-state index contributed by atoms with van der Waals surface area (Å²) < 4.78 is 14.2. The van der Waals surface area contributed by atoms with Crippen LogP contribution in [0.3, 0.4) is 0 Å². The van der Waals surface area contributed by atoms with Crippen molar-refractivity contribution in [3.8, 4) is 11.3 Å². The Bertz CT molecular complexity index is 1160. The summed E-state index contributed by atoms with van der Waals surface area (Å²) in [5.41, 5.74) is 3.66. The van der Waals surface area contributed by atoms with Gasteiger partial charge >= 0.3 is 0 Å². The van der Waals surface area contributed by atoms with Crippen LogP contribution in [-0.4, -0.2) is 10.9 Å². The van der Waals surface area contributed by atoms with Crippen molar-refractivity contribution >= 4 is 49.7 Å². The van der Waals surface area contributed by atoms with Crippen LogP contribution in [0.4, 0.5) is 20.9 Å². The van der Waals surface area contributed by atoms with E-state index in [1.165, 1.54) is 23.5 Å². The third-order valence-corrected chi connectivity index (χ3v) is 5.36. The number of carbonyl (C=O) groups is 1. The zero-order valence-electron chi connectivity index (χ0n) is 15.0. The van der Waals surface area contributed by atoms with Crippen LogP contribution >= 0.6 is 27.3 Å². The number of halogens is 2. The highest BCUT2D eigenvalue weighted by atomic mass is 79.9. The lowest BCUT2D eigenvalue weighted by molar-refractivity contribution is 0.102. The lowest BCUT2D eigenvalue weighted by Gasteiger charge is -2.06. The summed E-state index contributed by atoms with van der Waals surface area (Å²) in [6, 6.07) is 20.9. The van der Waals surface area contributed by atoms with Gasteiger partial charge in [0.1, 0.15) is 5.82 Å². The average molecular weight is 468 g/mol. The molecule has 144 valence electrons. The molecule has 2 N–H and O–H groups in total. The van der Waals surface area contributed by atoms with Crippen LogP contribution in [0, 0.1) is 5.82 Å². The molecule has 0 aliphatic heterocycles. The predicted octanol–water partition coefficient (Wildman–Crippen LogP) is 6.71.